The number of hydrogen-bond acceptors (Lipinski definition) is 4. The fourth-order valence-electron chi connectivity index (χ4n) is 4.09. The maximum absolute atomic E-state index is 14.9. The third-order valence-corrected chi connectivity index (χ3v) is 5.60. The van der Waals surface area contributed by atoms with Crippen LogP contribution in [0.25, 0.3) is 0 Å². The van der Waals surface area contributed by atoms with Crippen molar-refractivity contribution in [1.29, 1.82) is 0 Å². The van der Waals surface area contributed by atoms with E-state index in [4.69, 9.17) is 4.74 Å². The standard InChI is InChI=1S/C21H24F2N4O3/c1-14(28)24-12-17-13-27(21(29)30-17)16-10-18(22)20(19(23)11-16)26-8-4-15(5-9-26)25-6-2-3-7-25/h2-3,6-7,10-11,15,17H,4-5,8-9,12-13H2,1H3,(H,24,28)/t17-/m0/s1. The Balaban J connectivity index is 1.45. The molecule has 1 atom stereocenters. The van der Waals surface area contributed by atoms with Crippen molar-refractivity contribution < 1.29 is 23.1 Å². The Labute approximate surface area is 173 Å². The number of cyclic esters (lactones) is 1. The van der Waals surface area contributed by atoms with Gasteiger partial charge in [-0.1, -0.05) is 0 Å². The molecule has 0 bridgehead atoms. The number of piperidine rings is 1. The van der Waals surface area contributed by atoms with Crippen LogP contribution in [0.2, 0.25) is 0 Å². The minimum atomic E-state index is -0.706. The maximum atomic E-state index is 14.9. The van der Waals surface area contributed by atoms with Crippen molar-refractivity contribution in [1.82, 2.24) is 9.88 Å². The fourth-order valence-corrected chi connectivity index (χ4v) is 4.09. The summed E-state index contributed by atoms with van der Waals surface area (Å²) >= 11 is 0. The highest BCUT2D eigenvalue weighted by atomic mass is 19.1. The average molecular weight is 418 g/mol. The second-order valence-corrected chi connectivity index (χ2v) is 7.66. The summed E-state index contributed by atoms with van der Waals surface area (Å²) in [7, 11) is 0. The highest BCUT2D eigenvalue weighted by Gasteiger charge is 2.34. The van der Waals surface area contributed by atoms with E-state index >= 15 is 0 Å². The average Bonchev–Trinajstić information content (AvgIpc) is 3.36. The predicted octanol–water partition coefficient (Wildman–Crippen LogP) is 3.07. The normalized spacial score (nSPS) is 19.8. The third-order valence-electron chi connectivity index (χ3n) is 5.60. The molecule has 2 saturated heterocycles. The van der Waals surface area contributed by atoms with Gasteiger partial charge < -0.3 is 19.5 Å². The third kappa shape index (κ3) is 4.10. The number of rotatable bonds is 5. The summed E-state index contributed by atoms with van der Waals surface area (Å²) in [5, 5.41) is 2.57. The first kappa shape index (κ1) is 20.2. The van der Waals surface area contributed by atoms with Gasteiger partial charge in [-0.25, -0.2) is 13.6 Å². The summed E-state index contributed by atoms with van der Waals surface area (Å²) < 4.78 is 37.0. The van der Waals surface area contributed by atoms with Gasteiger partial charge in [0, 0.05) is 50.6 Å². The number of anilines is 2. The summed E-state index contributed by atoms with van der Waals surface area (Å²) in [5.74, 6) is -1.66. The smallest absolute Gasteiger partial charge is 0.414 e. The van der Waals surface area contributed by atoms with Gasteiger partial charge in [0.1, 0.15) is 11.8 Å². The van der Waals surface area contributed by atoms with Crippen molar-refractivity contribution >= 4 is 23.4 Å². The number of ether oxygens (including phenoxy) is 1. The molecule has 1 aromatic heterocycles. The van der Waals surface area contributed by atoms with E-state index in [-0.39, 0.29) is 30.4 Å². The highest BCUT2D eigenvalue weighted by Crippen LogP contribution is 2.34. The van der Waals surface area contributed by atoms with E-state index in [0.29, 0.717) is 19.1 Å². The molecule has 2 aliphatic heterocycles. The van der Waals surface area contributed by atoms with E-state index in [0.717, 1.165) is 12.8 Å². The minimum absolute atomic E-state index is 0.0629. The van der Waals surface area contributed by atoms with Crippen LogP contribution in [0.5, 0.6) is 0 Å². The first-order valence-corrected chi connectivity index (χ1v) is 10.0. The molecule has 2 aliphatic rings. The molecule has 0 spiro atoms. The summed E-state index contributed by atoms with van der Waals surface area (Å²) in [5.41, 5.74) is 0.0402. The molecule has 4 rings (SSSR count). The van der Waals surface area contributed by atoms with E-state index in [2.05, 4.69) is 9.88 Å². The number of benzene rings is 1. The Morgan fingerprint density at radius 2 is 1.80 bits per heavy atom. The van der Waals surface area contributed by atoms with Gasteiger partial charge in [-0.3, -0.25) is 9.69 Å². The monoisotopic (exact) mass is 418 g/mol. The zero-order valence-electron chi connectivity index (χ0n) is 16.7. The molecule has 30 heavy (non-hydrogen) atoms. The molecule has 0 saturated carbocycles. The first-order valence-electron chi connectivity index (χ1n) is 10.0. The van der Waals surface area contributed by atoms with Crippen LogP contribution in [-0.4, -0.2) is 48.9 Å². The highest BCUT2D eigenvalue weighted by molar-refractivity contribution is 5.90. The number of carbonyl (C=O) groups excluding carboxylic acids is 2. The zero-order chi connectivity index (χ0) is 21.3. The Morgan fingerprint density at radius 3 is 2.40 bits per heavy atom. The molecule has 0 unspecified atom stereocenters. The number of hydrogen-bond donors (Lipinski definition) is 1. The van der Waals surface area contributed by atoms with Crippen LogP contribution in [0.15, 0.2) is 36.7 Å². The Kier molecular flexibility index (Phi) is 5.61. The van der Waals surface area contributed by atoms with Crippen LogP contribution in [-0.2, 0) is 9.53 Å². The van der Waals surface area contributed by atoms with Gasteiger partial charge in [0.25, 0.3) is 0 Å². The van der Waals surface area contributed by atoms with Gasteiger partial charge in [-0.05, 0) is 25.0 Å². The topological polar surface area (TPSA) is 66.8 Å². The van der Waals surface area contributed by atoms with Crippen LogP contribution in [0.3, 0.4) is 0 Å². The lowest BCUT2D eigenvalue weighted by molar-refractivity contribution is -0.119. The summed E-state index contributed by atoms with van der Waals surface area (Å²) in [6.07, 6.45) is 4.33. The van der Waals surface area contributed by atoms with Crippen molar-refractivity contribution in [3.8, 4) is 0 Å². The van der Waals surface area contributed by atoms with E-state index < -0.39 is 23.8 Å². The number of halogens is 2. The number of amides is 2. The molecule has 3 heterocycles. The number of nitrogens with zero attached hydrogens (tertiary/aromatic N) is 3. The summed E-state index contributed by atoms with van der Waals surface area (Å²) in [6, 6.07) is 6.58. The van der Waals surface area contributed by atoms with Gasteiger partial charge in [-0.2, -0.15) is 0 Å². The van der Waals surface area contributed by atoms with Gasteiger partial charge in [-0.15, -0.1) is 0 Å². The zero-order valence-corrected chi connectivity index (χ0v) is 16.7. The molecule has 1 aromatic carbocycles. The second kappa shape index (κ2) is 8.33. The van der Waals surface area contributed by atoms with Gasteiger partial charge in [0.2, 0.25) is 5.91 Å². The van der Waals surface area contributed by atoms with E-state index in [1.807, 2.05) is 24.5 Å². The summed E-state index contributed by atoms with van der Waals surface area (Å²) in [6.45, 7) is 2.71. The second-order valence-electron chi connectivity index (χ2n) is 7.66. The molecule has 160 valence electrons. The molecule has 9 heteroatoms. The molecular weight excluding hydrogens is 394 g/mol. The van der Waals surface area contributed by atoms with Gasteiger partial charge in [0.05, 0.1) is 18.8 Å². The summed E-state index contributed by atoms with van der Waals surface area (Å²) in [4.78, 5) is 26.0. The minimum Gasteiger partial charge on any atom is -0.442 e. The van der Waals surface area contributed by atoms with Crippen LogP contribution in [0.1, 0.15) is 25.8 Å². The van der Waals surface area contributed by atoms with Crippen molar-refractivity contribution in [3.63, 3.8) is 0 Å². The molecule has 1 N–H and O–H groups in total. The quantitative estimate of drug-likeness (QED) is 0.811. The SMILES string of the molecule is CC(=O)NC[C@H]1CN(c2cc(F)c(N3CCC(n4cccc4)CC3)c(F)c2)C(=O)O1. The first-order chi connectivity index (χ1) is 14.4. The molecule has 7 nitrogen and oxygen atoms in total. The number of nitrogens with one attached hydrogen (secondary N) is 1. The molecule has 2 fully saturated rings. The lowest BCUT2D eigenvalue weighted by Gasteiger charge is -2.34. The molecule has 2 amide bonds. The van der Waals surface area contributed by atoms with Crippen LogP contribution < -0.4 is 15.1 Å². The molecule has 0 radical (unpaired) electrons. The van der Waals surface area contributed by atoms with Crippen LogP contribution in [0.4, 0.5) is 25.0 Å². The van der Waals surface area contributed by atoms with Crippen molar-refractivity contribution in [2.24, 2.45) is 0 Å². The van der Waals surface area contributed by atoms with Crippen molar-refractivity contribution in [2.75, 3.05) is 36.0 Å². The van der Waals surface area contributed by atoms with Gasteiger partial charge >= 0.3 is 6.09 Å². The Bertz CT molecular complexity index is 903. The largest absolute Gasteiger partial charge is 0.442 e. The van der Waals surface area contributed by atoms with Crippen molar-refractivity contribution in [3.05, 3.63) is 48.3 Å². The van der Waals surface area contributed by atoms with Gasteiger partial charge in [0.15, 0.2) is 11.6 Å². The molecular formula is C21H24F2N4O3. The molecule has 2 aromatic rings. The number of carbonyl (C=O) groups is 2. The van der Waals surface area contributed by atoms with E-state index in [9.17, 15) is 18.4 Å². The Morgan fingerprint density at radius 1 is 1.17 bits per heavy atom. The maximum Gasteiger partial charge on any atom is 0.414 e. The molecule has 0 aliphatic carbocycles. The van der Waals surface area contributed by atoms with Crippen molar-refractivity contribution in [2.45, 2.75) is 31.9 Å². The lowest BCUT2D eigenvalue weighted by Crippen LogP contribution is -2.36. The fraction of sp³-hybridized carbons (Fsp3) is 0.429. The van der Waals surface area contributed by atoms with E-state index in [1.165, 1.54) is 24.0 Å². The lowest BCUT2D eigenvalue weighted by atomic mass is 10.0. The predicted molar refractivity (Wildman–Crippen MR) is 108 cm³/mol. The Hall–Kier alpha value is -3.10. The number of aromatic nitrogens is 1. The van der Waals surface area contributed by atoms with Crippen LogP contribution >= 0.6 is 0 Å². The van der Waals surface area contributed by atoms with Crippen LogP contribution in [0, 0.1) is 11.6 Å². The van der Waals surface area contributed by atoms with E-state index in [1.54, 1.807) is 4.90 Å².